The van der Waals surface area contributed by atoms with Crippen molar-refractivity contribution in [2.75, 3.05) is 44.3 Å². The lowest BCUT2D eigenvalue weighted by atomic mass is 9.95. The van der Waals surface area contributed by atoms with Gasteiger partial charge in [0, 0.05) is 26.2 Å². The third-order valence-corrected chi connectivity index (χ3v) is 4.54. The highest BCUT2D eigenvalue weighted by atomic mass is 19.1. The maximum atomic E-state index is 13.8. The maximum absolute atomic E-state index is 13.8. The van der Waals surface area contributed by atoms with Crippen LogP contribution in [0.3, 0.4) is 0 Å². The van der Waals surface area contributed by atoms with Crippen LogP contribution in [0, 0.1) is 23.1 Å². The summed E-state index contributed by atoms with van der Waals surface area (Å²) >= 11 is 0. The minimum absolute atomic E-state index is 0.0620. The van der Waals surface area contributed by atoms with E-state index in [1.807, 2.05) is 15.9 Å². The van der Waals surface area contributed by atoms with Crippen LogP contribution in [0.1, 0.15) is 18.4 Å². The number of anilines is 1. The Balaban J connectivity index is 1.75. The Morgan fingerprint density at radius 3 is 2.83 bits per heavy atom. The van der Waals surface area contributed by atoms with Gasteiger partial charge < -0.3 is 14.5 Å². The summed E-state index contributed by atoms with van der Waals surface area (Å²) in [6.45, 7) is 3.73. The molecular formula is C17H20FN3O2. The lowest BCUT2D eigenvalue weighted by molar-refractivity contribution is -0.139. The average Bonchev–Trinajstić information content (AvgIpc) is 2.61. The van der Waals surface area contributed by atoms with E-state index >= 15 is 0 Å². The van der Waals surface area contributed by atoms with Crippen LogP contribution in [0.2, 0.25) is 0 Å². The molecule has 2 saturated heterocycles. The number of hydrogen-bond acceptors (Lipinski definition) is 4. The number of ether oxygens (including phenoxy) is 1. The van der Waals surface area contributed by atoms with Gasteiger partial charge in [-0.1, -0.05) is 6.07 Å². The van der Waals surface area contributed by atoms with Crippen LogP contribution in [-0.2, 0) is 9.53 Å². The van der Waals surface area contributed by atoms with Crippen LogP contribution in [0.4, 0.5) is 10.1 Å². The van der Waals surface area contributed by atoms with Crippen molar-refractivity contribution >= 4 is 11.6 Å². The van der Waals surface area contributed by atoms with Crippen molar-refractivity contribution in [1.29, 1.82) is 5.26 Å². The highest BCUT2D eigenvalue weighted by molar-refractivity contribution is 5.80. The van der Waals surface area contributed by atoms with Gasteiger partial charge in [-0.15, -0.1) is 0 Å². The Kier molecular flexibility index (Phi) is 4.77. The van der Waals surface area contributed by atoms with Crippen LogP contribution in [0.15, 0.2) is 18.2 Å². The molecule has 0 saturated carbocycles. The van der Waals surface area contributed by atoms with Crippen LogP contribution in [-0.4, -0.2) is 50.2 Å². The van der Waals surface area contributed by atoms with E-state index in [4.69, 9.17) is 4.74 Å². The number of benzene rings is 1. The average molecular weight is 317 g/mol. The van der Waals surface area contributed by atoms with Gasteiger partial charge in [0.1, 0.15) is 17.4 Å². The van der Waals surface area contributed by atoms with E-state index in [-0.39, 0.29) is 17.4 Å². The molecule has 1 aromatic rings. The van der Waals surface area contributed by atoms with Crippen LogP contribution in [0.5, 0.6) is 0 Å². The quantitative estimate of drug-likeness (QED) is 0.834. The van der Waals surface area contributed by atoms with E-state index in [1.54, 1.807) is 12.1 Å². The zero-order valence-corrected chi connectivity index (χ0v) is 13.0. The molecular weight excluding hydrogens is 297 g/mol. The lowest BCUT2D eigenvalue weighted by Crippen LogP contribution is -2.48. The topological polar surface area (TPSA) is 56.6 Å². The molecule has 0 bridgehead atoms. The summed E-state index contributed by atoms with van der Waals surface area (Å²) in [5, 5.41) is 9.20. The zero-order valence-electron chi connectivity index (χ0n) is 13.0. The minimum atomic E-state index is -0.508. The molecule has 23 heavy (non-hydrogen) atoms. The fraction of sp³-hybridized carbons (Fsp3) is 0.529. The van der Waals surface area contributed by atoms with Gasteiger partial charge >= 0.3 is 0 Å². The molecule has 0 spiro atoms. The number of carbonyl (C=O) groups excluding carboxylic acids is 1. The Morgan fingerprint density at radius 1 is 1.30 bits per heavy atom. The Hall–Kier alpha value is -2.13. The molecule has 0 radical (unpaired) electrons. The second-order valence-corrected chi connectivity index (χ2v) is 5.97. The molecule has 2 aliphatic rings. The molecule has 0 aromatic heterocycles. The zero-order chi connectivity index (χ0) is 16.2. The number of nitrogens with zero attached hydrogens (tertiary/aromatic N) is 3. The summed E-state index contributed by atoms with van der Waals surface area (Å²) in [5.41, 5.74) is 0.652. The normalized spacial score (nSPS) is 21.8. The second-order valence-electron chi connectivity index (χ2n) is 5.97. The fourth-order valence-electron chi connectivity index (χ4n) is 3.33. The first kappa shape index (κ1) is 15.8. The molecule has 2 aliphatic heterocycles. The largest absolute Gasteiger partial charge is 0.378 e. The van der Waals surface area contributed by atoms with Gasteiger partial charge in [0.05, 0.1) is 24.8 Å². The third kappa shape index (κ3) is 3.30. The van der Waals surface area contributed by atoms with Crippen molar-refractivity contribution in [3.63, 3.8) is 0 Å². The number of nitriles is 1. The summed E-state index contributed by atoms with van der Waals surface area (Å²) in [6.07, 6.45) is 1.70. The van der Waals surface area contributed by atoms with Crippen molar-refractivity contribution in [2.45, 2.75) is 12.8 Å². The highest BCUT2D eigenvalue weighted by Gasteiger charge is 2.31. The van der Waals surface area contributed by atoms with E-state index in [2.05, 4.69) is 0 Å². The van der Waals surface area contributed by atoms with Gasteiger partial charge in [0.25, 0.3) is 0 Å². The molecule has 5 nitrogen and oxygen atoms in total. The molecule has 1 aromatic carbocycles. The first-order chi connectivity index (χ1) is 11.2. The molecule has 1 amide bonds. The van der Waals surface area contributed by atoms with E-state index in [1.165, 1.54) is 6.07 Å². The number of rotatable bonds is 2. The molecule has 122 valence electrons. The summed E-state index contributed by atoms with van der Waals surface area (Å²) in [4.78, 5) is 16.5. The van der Waals surface area contributed by atoms with E-state index in [0.717, 1.165) is 19.4 Å². The summed E-state index contributed by atoms with van der Waals surface area (Å²) in [6, 6.07) is 6.60. The van der Waals surface area contributed by atoms with Crippen molar-refractivity contribution < 1.29 is 13.9 Å². The van der Waals surface area contributed by atoms with Crippen molar-refractivity contribution in [2.24, 2.45) is 5.92 Å². The van der Waals surface area contributed by atoms with E-state index in [9.17, 15) is 14.4 Å². The standard InChI is InChI=1S/C17H20FN3O2/c18-15-4-1-5-16(14(15)11-19)21-6-2-3-13(12-21)17(22)20-7-9-23-10-8-20/h1,4-5,13H,2-3,6-10,12H2/t13-/m1/s1. The number of morpholine rings is 1. The number of hydrogen-bond donors (Lipinski definition) is 0. The lowest BCUT2D eigenvalue weighted by Gasteiger charge is -2.37. The highest BCUT2D eigenvalue weighted by Crippen LogP contribution is 2.28. The summed E-state index contributed by atoms with van der Waals surface area (Å²) < 4.78 is 19.1. The molecule has 1 atom stereocenters. The van der Waals surface area contributed by atoms with Crippen LogP contribution >= 0.6 is 0 Å². The minimum Gasteiger partial charge on any atom is -0.378 e. The molecule has 6 heteroatoms. The number of amides is 1. The van der Waals surface area contributed by atoms with Gasteiger partial charge in [-0.2, -0.15) is 5.26 Å². The van der Waals surface area contributed by atoms with E-state index < -0.39 is 5.82 Å². The van der Waals surface area contributed by atoms with Crippen molar-refractivity contribution in [3.05, 3.63) is 29.6 Å². The number of piperidine rings is 1. The Morgan fingerprint density at radius 2 is 2.09 bits per heavy atom. The number of carbonyl (C=O) groups is 1. The van der Waals surface area contributed by atoms with Gasteiger partial charge in [0.2, 0.25) is 5.91 Å². The summed E-state index contributed by atoms with van der Waals surface area (Å²) in [5.74, 6) is -0.462. The molecule has 3 rings (SSSR count). The predicted molar refractivity (Wildman–Crippen MR) is 83.5 cm³/mol. The fourth-order valence-corrected chi connectivity index (χ4v) is 3.33. The Bertz CT molecular complexity index is 623. The molecule has 0 unspecified atom stereocenters. The first-order valence-corrected chi connectivity index (χ1v) is 8.01. The Labute approximate surface area is 135 Å². The molecule has 0 aliphatic carbocycles. The van der Waals surface area contributed by atoms with Gasteiger partial charge in [-0.3, -0.25) is 4.79 Å². The first-order valence-electron chi connectivity index (χ1n) is 8.01. The van der Waals surface area contributed by atoms with Crippen LogP contribution in [0.25, 0.3) is 0 Å². The van der Waals surface area contributed by atoms with Gasteiger partial charge in [-0.05, 0) is 25.0 Å². The molecule has 2 fully saturated rings. The van der Waals surface area contributed by atoms with Crippen molar-refractivity contribution in [1.82, 2.24) is 4.90 Å². The maximum Gasteiger partial charge on any atom is 0.227 e. The SMILES string of the molecule is N#Cc1c(F)cccc1N1CCC[C@@H](C(=O)N2CCOCC2)C1. The summed E-state index contributed by atoms with van der Waals surface area (Å²) in [7, 11) is 0. The van der Waals surface area contributed by atoms with Crippen LogP contribution < -0.4 is 4.90 Å². The number of halogens is 1. The third-order valence-electron chi connectivity index (χ3n) is 4.54. The van der Waals surface area contributed by atoms with Gasteiger partial charge in [-0.25, -0.2) is 4.39 Å². The monoisotopic (exact) mass is 317 g/mol. The molecule has 0 N–H and O–H groups in total. The predicted octanol–water partition coefficient (Wildman–Crippen LogP) is 1.77. The van der Waals surface area contributed by atoms with Gasteiger partial charge in [0.15, 0.2) is 0 Å². The van der Waals surface area contributed by atoms with E-state index in [0.29, 0.717) is 38.5 Å². The molecule has 2 heterocycles. The smallest absolute Gasteiger partial charge is 0.227 e. The second kappa shape index (κ2) is 6.97. The van der Waals surface area contributed by atoms with Crippen molar-refractivity contribution in [3.8, 4) is 6.07 Å².